The maximum Gasteiger partial charge on any atom is 0.256 e. The van der Waals surface area contributed by atoms with Gasteiger partial charge in [-0.3, -0.25) is 4.79 Å². The summed E-state index contributed by atoms with van der Waals surface area (Å²) in [5.41, 5.74) is 1.13. The summed E-state index contributed by atoms with van der Waals surface area (Å²) in [5, 5.41) is 6.85. The number of anilines is 1. The van der Waals surface area contributed by atoms with Crippen molar-refractivity contribution in [3.05, 3.63) is 39.5 Å². The van der Waals surface area contributed by atoms with E-state index in [9.17, 15) is 4.79 Å². The Balaban J connectivity index is 1.86. The smallest absolute Gasteiger partial charge is 0.256 e. The first-order valence-electron chi connectivity index (χ1n) is 6.17. The molecule has 4 nitrogen and oxygen atoms in total. The van der Waals surface area contributed by atoms with E-state index >= 15 is 0 Å². The van der Waals surface area contributed by atoms with E-state index in [1.54, 1.807) is 23.6 Å². The molecule has 0 fully saturated rings. The zero-order valence-corrected chi connectivity index (χ0v) is 12.1. The number of hydrogen-bond donors (Lipinski definition) is 1. The molecule has 2 aromatic rings. The SMILES string of the molecule is O=C(Nc1cc2c(cc1Cl)OCCCO2)c1ccsc1. The first-order chi connectivity index (χ1) is 9.74. The van der Waals surface area contributed by atoms with Crippen LogP contribution >= 0.6 is 22.9 Å². The van der Waals surface area contributed by atoms with E-state index in [2.05, 4.69) is 5.32 Å². The second kappa shape index (κ2) is 5.73. The number of ether oxygens (including phenoxy) is 2. The third-order valence-corrected chi connectivity index (χ3v) is 3.86. The number of carbonyl (C=O) groups excluding carboxylic acids is 1. The van der Waals surface area contributed by atoms with Crippen LogP contribution < -0.4 is 14.8 Å². The van der Waals surface area contributed by atoms with Crippen molar-refractivity contribution in [1.82, 2.24) is 0 Å². The van der Waals surface area contributed by atoms with Crippen molar-refractivity contribution in [3.8, 4) is 11.5 Å². The van der Waals surface area contributed by atoms with Gasteiger partial charge < -0.3 is 14.8 Å². The summed E-state index contributed by atoms with van der Waals surface area (Å²) >= 11 is 7.64. The van der Waals surface area contributed by atoms with Crippen molar-refractivity contribution >= 4 is 34.5 Å². The minimum Gasteiger partial charge on any atom is -0.490 e. The first kappa shape index (κ1) is 13.3. The number of carbonyl (C=O) groups is 1. The summed E-state index contributed by atoms with van der Waals surface area (Å²) in [6.07, 6.45) is 0.822. The number of hydrogen-bond acceptors (Lipinski definition) is 4. The molecular formula is C14H12ClNO3S. The monoisotopic (exact) mass is 309 g/mol. The van der Waals surface area contributed by atoms with Crippen LogP contribution in [0, 0.1) is 0 Å². The fourth-order valence-corrected chi connectivity index (χ4v) is 2.70. The van der Waals surface area contributed by atoms with E-state index in [0.717, 1.165) is 6.42 Å². The summed E-state index contributed by atoms with van der Waals surface area (Å²) in [7, 11) is 0. The quantitative estimate of drug-likeness (QED) is 0.917. The third-order valence-electron chi connectivity index (χ3n) is 2.87. The third kappa shape index (κ3) is 2.73. The highest BCUT2D eigenvalue weighted by molar-refractivity contribution is 7.08. The Morgan fingerprint density at radius 3 is 2.70 bits per heavy atom. The van der Waals surface area contributed by atoms with Gasteiger partial charge in [0.05, 0.1) is 29.5 Å². The summed E-state index contributed by atoms with van der Waals surface area (Å²) in [6, 6.07) is 5.13. The number of halogens is 1. The van der Waals surface area contributed by atoms with Crippen LogP contribution in [0.3, 0.4) is 0 Å². The minimum absolute atomic E-state index is 0.192. The largest absolute Gasteiger partial charge is 0.490 e. The van der Waals surface area contributed by atoms with Gasteiger partial charge in [0.25, 0.3) is 5.91 Å². The molecule has 0 spiro atoms. The molecule has 0 unspecified atom stereocenters. The number of rotatable bonds is 2. The van der Waals surface area contributed by atoms with E-state index in [0.29, 0.717) is 41.0 Å². The van der Waals surface area contributed by atoms with Crippen LogP contribution in [-0.2, 0) is 0 Å². The summed E-state index contributed by atoms with van der Waals surface area (Å²) in [6.45, 7) is 1.19. The number of thiophene rings is 1. The minimum atomic E-state index is -0.192. The zero-order valence-electron chi connectivity index (χ0n) is 10.5. The molecule has 0 aliphatic carbocycles. The van der Waals surface area contributed by atoms with Gasteiger partial charge in [-0.05, 0) is 11.4 Å². The van der Waals surface area contributed by atoms with Gasteiger partial charge >= 0.3 is 0 Å². The molecule has 2 heterocycles. The molecule has 1 N–H and O–H groups in total. The lowest BCUT2D eigenvalue weighted by atomic mass is 10.2. The van der Waals surface area contributed by atoms with Crippen molar-refractivity contribution in [1.29, 1.82) is 0 Å². The summed E-state index contributed by atoms with van der Waals surface area (Å²) < 4.78 is 11.1. The molecule has 20 heavy (non-hydrogen) atoms. The Kier molecular flexibility index (Phi) is 3.80. The van der Waals surface area contributed by atoms with Crippen LogP contribution in [0.1, 0.15) is 16.8 Å². The molecule has 1 aliphatic rings. The highest BCUT2D eigenvalue weighted by atomic mass is 35.5. The van der Waals surface area contributed by atoms with Crippen LogP contribution in [0.2, 0.25) is 5.02 Å². The van der Waals surface area contributed by atoms with Gasteiger partial charge in [0.2, 0.25) is 0 Å². The Morgan fingerprint density at radius 1 is 1.25 bits per heavy atom. The van der Waals surface area contributed by atoms with Gasteiger partial charge in [-0.25, -0.2) is 0 Å². The molecule has 0 bridgehead atoms. The molecule has 0 atom stereocenters. The van der Waals surface area contributed by atoms with E-state index < -0.39 is 0 Å². The predicted molar refractivity (Wildman–Crippen MR) is 79.3 cm³/mol. The van der Waals surface area contributed by atoms with Crippen LogP contribution in [-0.4, -0.2) is 19.1 Å². The molecule has 104 valence electrons. The second-order valence-electron chi connectivity index (χ2n) is 4.30. The Hall–Kier alpha value is -1.72. The van der Waals surface area contributed by atoms with Gasteiger partial charge in [0.1, 0.15) is 0 Å². The Bertz CT molecular complexity index is 628. The van der Waals surface area contributed by atoms with Gasteiger partial charge in [0, 0.05) is 23.9 Å². The van der Waals surface area contributed by atoms with Crippen molar-refractivity contribution in [3.63, 3.8) is 0 Å². The standard InChI is InChI=1S/C14H12ClNO3S/c15-10-6-12-13(19-4-1-3-18-12)7-11(10)16-14(17)9-2-5-20-8-9/h2,5-8H,1,3-4H2,(H,16,17). The van der Waals surface area contributed by atoms with Gasteiger partial charge in [-0.1, -0.05) is 11.6 Å². The van der Waals surface area contributed by atoms with Gasteiger partial charge in [-0.15, -0.1) is 0 Å². The van der Waals surface area contributed by atoms with Gasteiger partial charge in [0.15, 0.2) is 11.5 Å². The lowest BCUT2D eigenvalue weighted by molar-refractivity contribution is 0.102. The normalized spacial score (nSPS) is 13.7. The van der Waals surface area contributed by atoms with E-state index in [1.807, 2.05) is 5.38 Å². The topological polar surface area (TPSA) is 47.6 Å². The molecule has 1 aromatic carbocycles. The summed E-state index contributed by atoms with van der Waals surface area (Å²) in [4.78, 5) is 12.0. The molecule has 1 aliphatic heterocycles. The first-order valence-corrected chi connectivity index (χ1v) is 7.49. The molecule has 3 rings (SSSR count). The zero-order chi connectivity index (χ0) is 13.9. The van der Waals surface area contributed by atoms with E-state index in [4.69, 9.17) is 21.1 Å². The predicted octanol–water partition coefficient (Wildman–Crippen LogP) is 3.82. The fraction of sp³-hybridized carbons (Fsp3) is 0.214. The number of nitrogens with one attached hydrogen (secondary N) is 1. The van der Waals surface area contributed by atoms with Crippen molar-refractivity contribution in [2.45, 2.75) is 6.42 Å². The highest BCUT2D eigenvalue weighted by Gasteiger charge is 2.16. The van der Waals surface area contributed by atoms with E-state index in [1.165, 1.54) is 11.3 Å². The van der Waals surface area contributed by atoms with Crippen LogP contribution in [0.4, 0.5) is 5.69 Å². The van der Waals surface area contributed by atoms with Crippen molar-refractivity contribution in [2.75, 3.05) is 18.5 Å². The number of fused-ring (bicyclic) bond motifs is 1. The highest BCUT2D eigenvalue weighted by Crippen LogP contribution is 2.37. The maximum absolute atomic E-state index is 12.0. The van der Waals surface area contributed by atoms with Gasteiger partial charge in [-0.2, -0.15) is 11.3 Å². The fourth-order valence-electron chi connectivity index (χ4n) is 1.87. The molecular weight excluding hydrogens is 298 g/mol. The maximum atomic E-state index is 12.0. The summed E-state index contributed by atoms with van der Waals surface area (Å²) in [5.74, 6) is 1.02. The molecule has 0 radical (unpaired) electrons. The molecule has 6 heteroatoms. The molecule has 0 saturated carbocycles. The number of amides is 1. The molecule has 0 saturated heterocycles. The van der Waals surface area contributed by atoms with Crippen LogP contribution in [0.25, 0.3) is 0 Å². The van der Waals surface area contributed by atoms with Crippen LogP contribution in [0.15, 0.2) is 29.0 Å². The second-order valence-corrected chi connectivity index (χ2v) is 5.48. The average molecular weight is 310 g/mol. The van der Waals surface area contributed by atoms with Crippen LogP contribution in [0.5, 0.6) is 11.5 Å². The average Bonchev–Trinajstić information content (AvgIpc) is 2.88. The van der Waals surface area contributed by atoms with E-state index in [-0.39, 0.29) is 5.91 Å². The molecule has 1 amide bonds. The lowest BCUT2D eigenvalue weighted by Gasteiger charge is -2.12. The Morgan fingerprint density at radius 2 is 2.00 bits per heavy atom. The van der Waals surface area contributed by atoms with Crippen molar-refractivity contribution in [2.24, 2.45) is 0 Å². The van der Waals surface area contributed by atoms with Crippen molar-refractivity contribution < 1.29 is 14.3 Å². The Labute approximate surface area is 125 Å². The number of benzene rings is 1. The molecule has 1 aromatic heterocycles. The lowest BCUT2D eigenvalue weighted by Crippen LogP contribution is -2.11.